The molecule has 0 N–H and O–H groups in total. The number of allylic oxidation sites excluding steroid dienone is 2. The van der Waals surface area contributed by atoms with E-state index in [1.165, 1.54) is 6.20 Å². The Morgan fingerprint density at radius 2 is 1.97 bits per heavy atom. The van der Waals surface area contributed by atoms with Crippen molar-refractivity contribution in [1.29, 1.82) is 0 Å². The lowest BCUT2D eigenvalue weighted by atomic mass is 9.86. The van der Waals surface area contributed by atoms with Gasteiger partial charge in [-0.05, 0) is 30.2 Å². The lowest BCUT2D eigenvalue weighted by Crippen LogP contribution is -2.60. The Labute approximate surface area is 172 Å². The standard InChI is InChI=1S/C22H18ClN3O3/c23-17-9-7-16(8-10-17)22-14-19-18(6-3-11-26(19)29)21(28)25(22)13-12-24(22)20(27)15-4-1-2-5-15/h1,3-11H,2,12-14H2. The molecule has 29 heavy (non-hydrogen) atoms. The number of rotatable bonds is 2. The van der Waals surface area contributed by atoms with Crippen molar-refractivity contribution in [2.75, 3.05) is 13.1 Å². The first-order chi connectivity index (χ1) is 14.0. The van der Waals surface area contributed by atoms with E-state index in [0.29, 0.717) is 34.9 Å². The molecule has 1 saturated heterocycles. The highest BCUT2D eigenvalue weighted by atomic mass is 35.5. The summed E-state index contributed by atoms with van der Waals surface area (Å²) in [6, 6.07) is 10.4. The van der Waals surface area contributed by atoms with Gasteiger partial charge in [-0.2, -0.15) is 4.73 Å². The van der Waals surface area contributed by atoms with Gasteiger partial charge in [0.15, 0.2) is 11.9 Å². The fourth-order valence-electron chi connectivity index (χ4n) is 4.62. The number of hydrogen-bond donors (Lipinski definition) is 0. The van der Waals surface area contributed by atoms with E-state index in [1.54, 1.807) is 34.1 Å². The third-order valence-electron chi connectivity index (χ3n) is 5.96. The first-order valence-electron chi connectivity index (χ1n) is 9.50. The van der Waals surface area contributed by atoms with Crippen LogP contribution >= 0.6 is 11.6 Å². The lowest BCUT2D eigenvalue weighted by molar-refractivity contribution is -0.615. The molecule has 5 rings (SSSR count). The molecule has 2 aliphatic heterocycles. The highest BCUT2D eigenvalue weighted by Crippen LogP contribution is 2.45. The van der Waals surface area contributed by atoms with Crippen molar-refractivity contribution < 1.29 is 14.3 Å². The molecule has 3 aliphatic rings. The van der Waals surface area contributed by atoms with E-state index < -0.39 is 5.66 Å². The summed E-state index contributed by atoms with van der Waals surface area (Å²) < 4.78 is 0.734. The van der Waals surface area contributed by atoms with Gasteiger partial charge in [0.1, 0.15) is 5.56 Å². The van der Waals surface area contributed by atoms with Crippen molar-refractivity contribution in [3.63, 3.8) is 0 Å². The molecule has 1 aromatic carbocycles. The van der Waals surface area contributed by atoms with Crippen molar-refractivity contribution in [2.24, 2.45) is 0 Å². The predicted molar refractivity (Wildman–Crippen MR) is 107 cm³/mol. The largest absolute Gasteiger partial charge is 0.618 e. The molecular formula is C22H18ClN3O3. The second-order valence-corrected chi connectivity index (χ2v) is 7.84. The van der Waals surface area contributed by atoms with E-state index in [0.717, 1.165) is 16.7 Å². The van der Waals surface area contributed by atoms with E-state index in [1.807, 2.05) is 30.4 Å². The van der Waals surface area contributed by atoms with E-state index in [2.05, 4.69) is 0 Å². The van der Waals surface area contributed by atoms with Gasteiger partial charge in [-0.3, -0.25) is 9.59 Å². The smallest absolute Gasteiger partial charge is 0.262 e. The lowest BCUT2D eigenvalue weighted by Gasteiger charge is -2.46. The molecular weight excluding hydrogens is 390 g/mol. The minimum absolute atomic E-state index is 0.138. The molecule has 2 aromatic rings. The maximum Gasteiger partial charge on any atom is 0.262 e. The number of carbonyl (C=O) groups excluding carboxylic acids is 2. The first kappa shape index (κ1) is 17.9. The van der Waals surface area contributed by atoms with Crippen molar-refractivity contribution in [3.8, 4) is 0 Å². The Kier molecular flexibility index (Phi) is 3.99. The predicted octanol–water partition coefficient (Wildman–Crippen LogP) is 2.55. The zero-order valence-electron chi connectivity index (χ0n) is 15.5. The van der Waals surface area contributed by atoms with Gasteiger partial charge in [-0.15, -0.1) is 0 Å². The monoisotopic (exact) mass is 407 g/mol. The third-order valence-corrected chi connectivity index (χ3v) is 6.21. The molecule has 0 bridgehead atoms. The molecule has 1 aromatic heterocycles. The summed E-state index contributed by atoms with van der Waals surface area (Å²) >= 11 is 6.10. The van der Waals surface area contributed by atoms with Gasteiger partial charge in [0.25, 0.3) is 11.8 Å². The van der Waals surface area contributed by atoms with Crippen LogP contribution in [-0.4, -0.2) is 34.7 Å². The average molecular weight is 408 g/mol. The Morgan fingerprint density at radius 1 is 1.17 bits per heavy atom. The fraction of sp³-hybridized carbons (Fsp3) is 0.227. The Balaban J connectivity index is 1.72. The molecule has 2 amide bonds. The maximum absolute atomic E-state index is 13.4. The van der Waals surface area contributed by atoms with Crippen LogP contribution in [0, 0.1) is 5.21 Å². The zero-order chi connectivity index (χ0) is 20.2. The summed E-state index contributed by atoms with van der Waals surface area (Å²) in [5.74, 6) is -0.376. The van der Waals surface area contributed by atoms with Crippen LogP contribution in [-0.2, 0) is 16.9 Å². The quantitative estimate of drug-likeness (QED) is 0.567. The van der Waals surface area contributed by atoms with Crippen molar-refractivity contribution in [1.82, 2.24) is 9.80 Å². The van der Waals surface area contributed by atoms with E-state index in [9.17, 15) is 14.8 Å². The SMILES string of the molecule is O=C(C1=CCC=C1)N1CCN2C(=O)c3ccc[n+]([O-])c3CC12c1ccc(Cl)cc1. The molecule has 0 spiro atoms. The molecule has 1 aliphatic carbocycles. The molecule has 3 heterocycles. The van der Waals surface area contributed by atoms with Crippen LogP contribution in [0.3, 0.4) is 0 Å². The summed E-state index contributed by atoms with van der Waals surface area (Å²) in [6.45, 7) is 0.794. The van der Waals surface area contributed by atoms with Crippen LogP contribution in [0.4, 0.5) is 0 Å². The molecule has 0 saturated carbocycles. The average Bonchev–Trinajstić information content (AvgIpc) is 3.38. The molecule has 6 nitrogen and oxygen atoms in total. The van der Waals surface area contributed by atoms with Gasteiger partial charge in [0, 0.05) is 29.8 Å². The van der Waals surface area contributed by atoms with Gasteiger partial charge < -0.3 is 15.0 Å². The third kappa shape index (κ3) is 2.52. The highest BCUT2D eigenvalue weighted by Gasteiger charge is 2.58. The van der Waals surface area contributed by atoms with Crippen LogP contribution in [0.15, 0.2) is 66.4 Å². The number of fused-ring (bicyclic) bond motifs is 2. The van der Waals surface area contributed by atoms with E-state index in [4.69, 9.17) is 11.6 Å². The minimum atomic E-state index is -1.06. The highest BCUT2D eigenvalue weighted by molar-refractivity contribution is 6.30. The zero-order valence-corrected chi connectivity index (χ0v) is 16.3. The van der Waals surface area contributed by atoms with Crippen molar-refractivity contribution in [3.05, 3.63) is 93.4 Å². The number of benzene rings is 1. The van der Waals surface area contributed by atoms with Crippen LogP contribution in [0.25, 0.3) is 0 Å². The number of hydrogen-bond acceptors (Lipinski definition) is 3. The Hall–Kier alpha value is -3.12. The van der Waals surface area contributed by atoms with E-state index >= 15 is 0 Å². The Bertz CT molecular complexity index is 1090. The summed E-state index contributed by atoms with van der Waals surface area (Å²) in [7, 11) is 0. The van der Waals surface area contributed by atoms with Gasteiger partial charge in [0.05, 0.1) is 6.42 Å². The molecule has 146 valence electrons. The normalized spacial score (nSPS) is 22.5. The van der Waals surface area contributed by atoms with Gasteiger partial charge >= 0.3 is 0 Å². The minimum Gasteiger partial charge on any atom is -0.618 e. The maximum atomic E-state index is 13.4. The number of pyridine rings is 1. The molecule has 1 atom stereocenters. The summed E-state index contributed by atoms with van der Waals surface area (Å²) in [4.78, 5) is 30.2. The van der Waals surface area contributed by atoms with Crippen molar-refractivity contribution in [2.45, 2.75) is 18.5 Å². The summed E-state index contributed by atoms with van der Waals surface area (Å²) in [5, 5.41) is 13.1. The number of halogens is 1. The number of nitrogens with zero attached hydrogens (tertiary/aromatic N) is 3. The second-order valence-electron chi connectivity index (χ2n) is 7.41. The summed E-state index contributed by atoms with van der Waals surface area (Å²) in [6.07, 6.45) is 7.96. The molecule has 1 fully saturated rings. The second kappa shape index (κ2) is 6.46. The number of amides is 2. The number of aromatic nitrogens is 1. The van der Waals surface area contributed by atoms with E-state index in [-0.39, 0.29) is 18.2 Å². The molecule has 7 heteroatoms. The van der Waals surface area contributed by atoms with Gasteiger partial charge in [-0.1, -0.05) is 42.0 Å². The fourth-order valence-corrected chi connectivity index (χ4v) is 4.74. The van der Waals surface area contributed by atoms with Crippen molar-refractivity contribution >= 4 is 23.4 Å². The summed E-state index contributed by atoms with van der Waals surface area (Å²) in [5.41, 5.74) is 1.08. The first-order valence-corrected chi connectivity index (χ1v) is 9.88. The van der Waals surface area contributed by atoms with Crippen LogP contribution in [0.1, 0.15) is 28.0 Å². The van der Waals surface area contributed by atoms with Crippen LogP contribution < -0.4 is 4.73 Å². The van der Waals surface area contributed by atoms with Gasteiger partial charge in [-0.25, -0.2) is 0 Å². The molecule has 1 unspecified atom stereocenters. The number of carbonyl (C=O) groups is 2. The van der Waals surface area contributed by atoms with Crippen LogP contribution in [0.2, 0.25) is 5.02 Å². The van der Waals surface area contributed by atoms with Gasteiger partial charge in [0.2, 0.25) is 5.69 Å². The molecule has 0 radical (unpaired) electrons. The topological polar surface area (TPSA) is 67.6 Å². The van der Waals surface area contributed by atoms with Crippen LogP contribution in [0.5, 0.6) is 0 Å². The Morgan fingerprint density at radius 3 is 2.69 bits per heavy atom.